The number of rotatable bonds is 2. The summed E-state index contributed by atoms with van der Waals surface area (Å²) in [5.74, 6) is 1.99. The molecule has 1 nitrogen and oxygen atoms in total. The van der Waals surface area contributed by atoms with Crippen LogP contribution in [0.2, 0.25) is 0 Å². The molecule has 1 heterocycles. The third-order valence-electron chi connectivity index (χ3n) is 4.96. The van der Waals surface area contributed by atoms with Crippen molar-refractivity contribution in [1.82, 2.24) is 4.90 Å². The van der Waals surface area contributed by atoms with Crippen LogP contribution in [0.25, 0.3) is 0 Å². The van der Waals surface area contributed by atoms with Crippen molar-refractivity contribution in [2.75, 3.05) is 13.1 Å². The Hall–Kier alpha value is -0.0400. The van der Waals surface area contributed by atoms with E-state index in [1.54, 1.807) is 0 Å². The monoisotopic (exact) mass is 267 g/mol. The van der Waals surface area contributed by atoms with Gasteiger partial charge in [-0.25, -0.2) is 0 Å². The van der Waals surface area contributed by atoms with E-state index < -0.39 is 0 Å². The third kappa shape index (κ3) is 7.34. The van der Waals surface area contributed by atoms with Gasteiger partial charge in [0.2, 0.25) is 0 Å². The highest BCUT2D eigenvalue weighted by molar-refractivity contribution is 4.68. The van der Waals surface area contributed by atoms with Crippen LogP contribution < -0.4 is 0 Å². The zero-order valence-corrected chi connectivity index (χ0v) is 14.0. The summed E-state index contributed by atoms with van der Waals surface area (Å²) in [5.41, 5.74) is 0. The van der Waals surface area contributed by atoms with E-state index in [4.69, 9.17) is 0 Å². The number of hydrogen-bond acceptors (Lipinski definition) is 1. The molecule has 1 aliphatic heterocycles. The molecular formula is C18H37N. The first kappa shape index (κ1) is 17.0. The van der Waals surface area contributed by atoms with Crippen LogP contribution in [0.3, 0.4) is 0 Å². The average Bonchev–Trinajstić information content (AvgIpc) is 2.69. The van der Waals surface area contributed by atoms with E-state index >= 15 is 0 Å². The number of nitrogens with zero attached hydrogens (tertiary/aromatic N) is 1. The molecule has 0 aromatic heterocycles. The highest BCUT2D eigenvalue weighted by Gasteiger charge is 2.15. The molecule has 0 spiro atoms. The Morgan fingerprint density at radius 1 is 0.684 bits per heavy atom. The molecule has 0 unspecified atom stereocenters. The van der Waals surface area contributed by atoms with Gasteiger partial charge in [0.25, 0.3) is 0 Å². The summed E-state index contributed by atoms with van der Waals surface area (Å²) in [6.07, 6.45) is 13.2. The fourth-order valence-electron chi connectivity index (χ4n) is 3.41. The van der Waals surface area contributed by atoms with Crippen LogP contribution in [-0.2, 0) is 0 Å². The highest BCUT2D eigenvalue weighted by atomic mass is 15.1. The molecule has 0 aromatic carbocycles. The smallest absolute Gasteiger partial charge is 0.00385 e. The lowest BCUT2D eigenvalue weighted by Gasteiger charge is -2.24. The molecule has 0 bridgehead atoms. The standard InChI is InChI=1S/C9H19N.C9H18/c1-9(2)10-7-5-3-4-6-8-10;1-8(2)9-6-4-3-5-7-9/h9H,3-8H2,1-2H3;8-9H,3-7H2,1-2H3. The molecule has 19 heavy (non-hydrogen) atoms. The largest absolute Gasteiger partial charge is 0.301 e. The predicted molar refractivity (Wildman–Crippen MR) is 86.6 cm³/mol. The number of likely N-dealkylation sites (tertiary alicyclic amines) is 1. The fourth-order valence-corrected chi connectivity index (χ4v) is 3.41. The lowest BCUT2D eigenvalue weighted by atomic mass is 9.82. The summed E-state index contributed by atoms with van der Waals surface area (Å²) in [6.45, 7) is 12.0. The van der Waals surface area contributed by atoms with E-state index in [-0.39, 0.29) is 0 Å². The lowest BCUT2D eigenvalue weighted by Crippen LogP contribution is -2.31. The molecule has 114 valence electrons. The van der Waals surface area contributed by atoms with Crippen molar-refractivity contribution >= 4 is 0 Å². The first-order valence-electron chi connectivity index (χ1n) is 8.85. The molecule has 0 aromatic rings. The second-order valence-electron chi connectivity index (χ2n) is 7.19. The maximum atomic E-state index is 2.59. The quantitative estimate of drug-likeness (QED) is 0.639. The number of hydrogen-bond donors (Lipinski definition) is 0. The van der Waals surface area contributed by atoms with E-state index in [9.17, 15) is 0 Å². The Labute approximate surface area is 122 Å². The van der Waals surface area contributed by atoms with Crippen molar-refractivity contribution in [3.63, 3.8) is 0 Å². The molecule has 1 saturated heterocycles. The van der Waals surface area contributed by atoms with Gasteiger partial charge >= 0.3 is 0 Å². The Kier molecular flexibility index (Phi) is 8.77. The van der Waals surface area contributed by atoms with Crippen LogP contribution in [0.1, 0.15) is 85.5 Å². The molecular weight excluding hydrogens is 230 g/mol. The van der Waals surface area contributed by atoms with Gasteiger partial charge in [-0.2, -0.15) is 0 Å². The van der Waals surface area contributed by atoms with Gasteiger partial charge in [0, 0.05) is 6.04 Å². The van der Waals surface area contributed by atoms with Crippen molar-refractivity contribution in [3.05, 3.63) is 0 Å². The molecule has 0 radical (unpaired) electrons. The summed E-state index contributed by atoms with van der Waals surface area (Å²) in [4.78, 5) is 2.59. The first-order chi connectivity index (χ1) is 9.11. The van der Waals surface area contributed by atoms with Crippen LogP contribution in [-0.4, -0.2) is 24.0 Å². The van der Waals surface area contributed by atoms with Crippen LogP contribution in [0.5, 0.6) is 0 Å². The van der Waals surface area contributed by atoms with Gasteiger partial charge in [0.05, 0.1) is 0 Å². The lowest BCUT2D eigenvalue weighted by molar-refractivity contribution is 0.231. The molecule has 0 atom stereocenters. The molecule has 0 amide bonds. The van der Waals surface area contributed by atoms with Gasteiger partial charge in [-0.1, -0.05) is 58.8 Å². The second-order valence-corrected chi connectivity index (χ2v) is 7.19. The van der Waals surface area contributed by atoms with E-state index in [1.165, 1.54) is 70.9 Å². The van der Waals surface area contributed by atoms with E-state index in [2.05, 4.69) is 32.6 Å². The van der Waals surface area contributed by atoms with Crippen molar-refractivity contribution in [2.45, 2.75) is 91.5 Å². The van der Waals surface area contributed by atoms with Gasteiger partial charge in [-0.15, -0.1) is 0 Å². The van der Waals surface area contributed by atoms with Gasteiger partial charge < -0.3 is 4.90 Å². The van der Waals surface area contributed by atoms with Crippen LogP contribution in [0, 0.1) is 11.8 Å². The van der Waals surface area contributed by atoms with Crippen LogP contribution in [0.4, 0.5) is 0 Å². The van der Waals surface area contributed by atoms with E-state index in [1.807, 2.05) is 0 Å². The Bertz CT molecular complexity index is 196. The maximum absolute atomic E-state index is 2.59. The molecule has 2 rings (SSSR count). The summed E-state index contributed by atoms with van der Waals surface area (Å²) < 4.78 is 0. The Morgan fingerprint density at radius 3 is 1.53 bits per heavy atom. The third-order valence-corrected chi connectivity index (χ3v) is 4.96. The van der Waals surface area contributed by atoms with Crippen molar-refractivity contribution in [3.8, 4) is 0 Å². The summed E-state index contributed by atoms with van der Waals surface area (Å²) in [7, 11) is 0. The predicted octanol–water partition coefficient (Wildman–Crippen LogP) is 5.49. The van der Waals surface area contributed by atoms with Crippen molar-refractivity contribution < 1.29 is 0 Å². The fraction of sp³-hybridized carbons (Fsp3) is 1.00. The summed E-state index contributed by atoms with van der Waals surface area (Å²) in [5, 5.41) is 0. The zero-order chi connectivity index (χ0) is 14.1. The normalized spacial score (nSPS) is 23.1. The molecule has 2 aliphatic rings. The van der Waals surface area contributed by atoms with Gasteiger partial charge in [-0.3, -0.25) is 0 Å². The van der Waals surface area contributed by atoms with E-state index in [0.29, 0.717) is 0 Å². The summed E-state index contributed by atoms with van der Waals surface area (Å²) in [6, 6.07) is 0.762. The minimum atomic E-state index is 0.762. The second kappa shape index (κ2) is 9.80. The maximum Gasteiger partial charge on any atom is 0.00385 e. The molecule has 0 N–H and O–H groups in total. The zero-order valence-electron chi connectivity index (χ0n) is 14.0. The summed E-state index contributed by atoms with van der Waals surface area (Å²) >= 11 is 0. The van der Waals surface area contributed by atoms with E-state index in [0.717, 1.165) is 17.9 Å². The Balaban J connectivity index is 0.000000191. The first-order valence-corrected chi connectivity index (χ1v) is 8.85. The van der Waals surface area contributed by atoms with Crippen molar-refractivity contribution in [2.24, 2.45) is 11.8 Å². The van der Waals surface area contributed by atoms with Crippen LogP contribution in [0.15, 0.2) is 0 Å². The molecule has 1 heteroatoms. The van der Waals surface area contributed by atoms with Gasteiger partial charge in [-0.05, 0) is 51.6 Å². The minimum absolute atomic E-state index is 0.762. The SMILES string of the molecule is CC(C)C1CCCCC1.CC(C)N1CCCCCC1. The molecule has 1 aliphatic carbocycles. The van der Waals surface area contributed by atoms with Crippen molar-refractivity contribution in [1.29, 1.82) is 0 Å². The average molecular weight is 268 g/mol. The van der Waals surface area contributed by atoms with Crippen LogP contribution >= 0.6 is 0 Å². The molecule has 1 saturated carbocycles. The van der Waals surface area contributed by atoms with Gasteiger partial charge in [0.1, 0.15) is 0 Å². The van der Waals surface area contributed by atoms with Gasteiger partial charge in [0.15, 0.2) is 0 Å². The highest BCUT2D eigenvalue weighted by Crippen LogP contribution is 2.29. The Morgan fingerprint density at radius 2 is 1.16 bits per heavy atom. The topological polar surface area (TPSA) is 3.24 Å². The molecule has 2 fully saturated rings. The minimum Gasteiger partial charge on any atom is -0.301 e.